The molecule has 0 spiro atoms. The van der Waals surface area contributed by atoms with Gasteiger partial charge in [-0.15, -0.1) is 0 Å². The van der Waals surface area contributed by atoms with Crippen LogP contribution in [0.15, 0.2) is 24.3 Å². The molecule has 0 aromatic rings. The van der Waals surface area contributed by atoms with Crippen LogP contribution in [0.5, 0.6) is 0 Å². The van der Waals surface area contributed by atoms with E-state index in [-0.39, 0.29) is 11.9 Å². The van der Waals surface area contributed by atoms with Crippen LogP contribution in [0, 0.1) is 5.92 Å². The molecule has 0 saturated heterocycles. The van der Waals surface area contributed by atoms with Crippen LogP contribution in [0.2, 0.25) is 0 Å². The third kappa shape index (κ3) is 7.32. The molecule has 0 aliphatic carbocycles. The average Bonchev–Trinajstić information content (AvgIpc) is 2.10. The van der Waals surface area contributed by atoms with E-state index in [1.54, 1.807) is 0 Å². The summed E-state index contributed by atoms with van der Waals surface area (Å²) in [7, 11) is 0. The van der Waals surface area contributed by atoms with Gasteiger partial charge in [0.2, 0.25) is 0 Å². The lowest BCUT2D eigenvalue weighted by atomic mass is 10.2. The SMILES string of the molecule is C/C=C/C=C/CCOC(=O)C(C)C. The Kier molecular flexibility index (Phi) is 6.98. The van der Waals surface area contributed by atoms with Crippen LogP contribution >= 0.6 is 0 Å². The molecule has 0 fully saturated rings. The average molecular weight is 182 g/mol. The molecular weight excluding hydrogens is 164 g/mol. The molecule has 2 heteroatoms. The predicted molar refractivity (Wildman–Crippen MR) is 54.4 cm³/mol. The van der Waals surface area contributed by atoms with Crippen molar-refractivity contribution >= 4 is 5.97 Å². The Morgan fingerprint density at radius 1 is 1.38 bits per heavy atom. The summed E-state index contributed by atoms with van der Waals surface area (Å²) < 4.78 is 4.97. The molecule has 0 atom stereocenters. The number of hydrogen-bond donors (Lipinski definition) is 0. The molecule has 0 aromatic carbocycles. The zero-order valence-corrected chi connectivity index (χ0v) is 8.62. The fraction of sp³-hybridized carbons (Fsp3) is 0.545. The summed E-state index contributed by atoms with van der Waals surface area (Å²) in [4.78, 5) is 11.0. The highest BCUT2D eigenvalue weighted by Gasteiger charge is 2.06. The zero-order valence-electron chi connectivity index (χ0n) is 8.62. The van der Waals surface area contributed by atoms with Gasteiger partial charge in [0.25, 0.3) is 0 Å². The van der Waals surface area contributed by atoms with Crippen LogP contribution in [-0.4, -0.2) is 12.6 Å². The molecule has 74 valence electrons. The third-order valence-corrected chi connectivity index (χ3v) is 1.44. The number of carbonyl (C=O) groups is 1. The molecule has 0 radical (unpaired) electrons. The van der Waals surface area contributed by atoms with Gasteiger partial charge in [-0.25, -0.2) is 0 Å². The van der Waals surface area contributed by atoms with E-state index >= 15 is 0 Å². The van der Waals surface area contributed by atoms with Crippen LogP contribution in [0.3, 0.4) is 0 Å². The van der Waals surface area contributed by atoms with Gasteiger partial charge < -0.3 is 4.74 Å². The van der Waals surface area contributed by atoms with Gasteiger partial charge in [-0.2, -0.15) is 0 Å². The van der Waals surface area contributed by atoms with Crippen molar-refractivity contribution in [1.82, 2.24) is 0 Å². The van der Waals surface area contributed by atoms with E-state index in [2.05, 4.69) is 0 Å². The summed E-state index contributed by atoms with van der Waals surface area (Å²) in [5, 5.41) is 0. The molecule has 0 unspecified atom stereocenters. The maximum Gasteiger partial charge on any atom is 0.308 e. The molecule has 0 heterocycles. The lowest BCUT2D eigenvalue weighted by molar-refractivity contribution is -0.147. The van der Waals surface area contributed by atoms with Crippen LogP contribution in [0.25, 0.3) is 0 Å². The molecule has 0 aromatic heterocycles. The summed E-state index contributed by atoms with van der Waals surface area (Å²) in [5.74, 6) is -0.154. The number of esters is 1. The van der Waals surface area contributed by atoms with E-state index in [1.807, 2.05) is 45.1 Å². The van der Waals surface area contributed by atoms with Crippen molar-refractivity contribution in [1.29, 1.82) is 0 Å². The van der Waals surface area contributed by atoms with Gasteiger partial charge >= 0.3 is 5.97 Å². The Hall–Kier alpha value is -1.05. The van der Waals surface area contributed by atoms with Gasteiger partial charge in [0, 0.05) is 0 Å². The zero-order chi connectivity index (χ0) is 10.1. The number of rotatable bonds is 5. The van der Waals surface area contributed by atoms with Crippen LogP contribution in [0.4, 0.5) is 0 Å². The maximum absolute atomic E-state index is 11.0. The molecule has 0 bridgehead atoms. The van der Waals surface area contributed by atoms with E-state index in [4.69, 9.17) is 4.74 Å². The highest BCUT2D eigenvalue weighted by Crippen LogP contribution is 1.96. The summed E-state index contributed by atoms with van der Waals surface area (Å²) >= 11 is 0. The van der Waals surface area contributed by atoms with Crippen molar-refractivity contribution in [3.63, 3.8) is 0 Å². The number of allylic oxidation sites excluding steroid dienone is 3. The molecule has 0 rings (SSSR count). The quantitative estimate of drug-likeness (QED) is 0.371. The van der Waals surface area contributed by atoms with E-state index in [9.17, 15) is 4.79 Å². The van der Waals surface area contributed by atoms with E-state index in [1.165, 1.54) is 0 Å². The third-order valence-electron chi connectivity index (χ3n) is 1.44. The van der Waals surface area contributed by atoms with Crippen molar-refractivity contribution < 1.29 is 9.53 Å². The minimum atomic E-state index is -0.126. The van der Waals surface area contributed by atoms with Gasteiger partial charge in [0.1, 0.15) is 0 Å². The van der Waals surface area contributed by atoms with Gasteiger partial charge in [-0.05, 0) is 13.3 Å². The molecule has 0 aliphatic heterocycles. The standard InChI is InChI=1S/C11H18O2/c1-4-5-6-7-8-9-13-11(12)10(2)3/h4-7,10H,8-9H2,1-3H3/b5-4+,7-6+. The molecule has 0 saturated carbocycles. The lowest BCUT2D eigenvalue weighted by Crippen LogP contribution is -2.11. The topological polar surface area (TPSA) is 26.3 Å². The van der Waals surface area contributed by atoms with Gasteiger partial charge in [0.15, 0.2) is 0 Å². The van der Waals surface area contributed by atoms with Gasteiger partial charge in [-0.1, -0.05) is 38.2 Å². The van der Waals surface area contributed by atoms with E-state index in [0.717, 1.165) is 6.42 Å². The molecular formula is C11H18O2. The molecule has 13 heavy (non-hydrogen) atoms. The summed E-state index contributed by atoms with van der Waals surface area (Å²) in [6.07, 6.45) is 8.61. The van der Waals surface area contributed by atoms with Crippen molar-refractivity contribution in [2.45, 2.75) is 27.2 Å². The van der Waals surface area contributed by atoms with Crippen molar-refractivity contribution in [3.05, 3.63) is 24.3 Å². The van der Waals surface area contributed by atoms with E-state index in [0.29, 0.717) is 6.61 Å². The first kappa shape index (κ1) is 11.9. The van der Waals surface area contributed by atoms with Crippen LogP contribution in [-0.2, 0) is 9.53 Å². The second-order valence-electron chi connectivity index (χ2n) is 3.06. The number of carbonyl (C=O) groups excluding carboxylic acids is 1. The Balaban J connectivity index is 3.41. The van der Waals surface area contributed by atoms with Crippen molar-refractivity contribution in [2.75, 3.05) is 6.61 Å². The van der Waals surface area contributed by atoms with Crippen LogP contribution < -0.4 is 0 Å². The van der Waals surface area contributed by atoms with Gasteiger partial charge in [0.05, 0.1) is 12.5 Å². The minimum absolute atomic E-state index is 0.0282. The first-order valence-electron chi connectivity index (χ1n) is 4.63. The predicted octanol–water partition coefficient (Wildman–Crippen LogP) is 2.71. The number of ether oxygens (including phenoxy) is 1. The first-order chi connectivity index (χ1) is 6.18. The monoisotopic (exact) mass is 182 g/mol. The fourth-order valence-electron chi connectivity index (χ4n) is 0.680. The summed E-state index contributed by atoms with van der Waals surface area (Å²) in [6.45, 7) is 6.10. The molecule has 0 amide bonds. The summed E-state index contributed by atoms with van der Waals surface area (Å²) in [6, 6.07) is 0. The summed E-state index contributed by atoms with van der Waals surface area (Å²) in [5.41, 5.74) is 0. The van der Waals surface area contributed by atoms with Gasteiger partial charge in [-0.3, -0.25) is 4.79 Å². The minimum Gasteiger partial charge on any atom is -0.465 e. The lowest BCUT2D eigenvalue weighted by Gasteiger charge is -2.04. The maximum atomic E-state index is 11.0. The van der Waals surface area contributed by atoms with Crippen LogP contribution in [0.1, 0.15) is 27.2 Å². The highest BCUT2D eigenvalue weighted by molar-refractivity contribution is 5.71. The second-order valence-corrected chi connectivity index (χ2v) is 3.06. The molecule has 0 aliphatic rings. The largest absolute Gasteiger partial charge is 0.465 e. The Morgan fingerprint density at radius 2 is 2.08 bits per heavy atom. The molecule has 2 nitrogen and oxygen atoms in total. The Bertz CT molecular complexity index is 190. The first-order valence-corrected chi connectivity index (χ1v) is 4.63. The second kappa shape index (κ2) is 7.59. The number of hydrogen-bond acceptors (Lipinski definition) is 2. The smallest absolute Gasteiger partial charge is 0.308 e. The van der Waals surface area contributed by atoms with E-state index < -0.39 is 0 Å². The Labute approximate surface area is 80.3 Å². The fourth-order valence-corrected chi connectivity index (χ4v) is 0.680. The highest BCUT2D eigenvalue weighted by atomic mass is 16.5. The normalized spacial score (nSPS) is 11.7. The Morgan fingerprint density at radius 3 is 2.62 bits per heavy atom. The molecule has 0 N–H and O–H groups in total. The van der Waals surface area contributed by atoms with Crippen molar-refractivity contribution in [3.8, 4) is 0 Å². The van der Waals surface area contributed by atoms with Crippen molar-refractivity contribution in [2.24, 2.45) is 5.92 Å².